The molecular weight excluding hydrogens is 290 g/mol. The van der Waals surface area contributed by atoms with Gasteiger partial charge < -0.3 is 10.0 Å². The Morgan fingerprint density at radius 2 is 2.10 bits per heavy atom. The number of rotatable bonds is 3. The first-order valence-corrected chi connectivity index (χ1v) is 8.12. The number of carboxylic acids is 1. The van der Waals surface area contributed by atoms with Crippen LogP contribution >= 0.6 is 0 Å². The summed E-state index contributed by atoms with van der Waals surface area (Å²) in [6.45, 7) is 1.34. The Labute approximate surface area is 124 Å². The van der Waals surface area contributed by atoms with Crippen LogP contribution in [-0.4, -0.2) is 49.3 Å². The molecule has 7 heteroatoms. The second-order valence-corrected chi connectivity index (χ2v) is 6.45. The van der Waals surface area contributed by atoms with Crippen molar-refractivity contribution >= 4 is 34.3 Å². The average Bonchev–Trinajstić information content (AvgIpc) is 2.84. The molecule has 0 spiro atoms. The zero-order chi connectivity index (χ0) is 14.8. The Balaban J connectivity index is 2.06. The van der Waals surface area contributed by atoms with Gasteiger partial charge in [-0.05, 0) is 18.2 Å². The summed E-state index contributed by atoms with van der Waals surface area (Å²) in [7, 11) is -0.758. The van der Waals surface area contributed by atoms with E-state index in [0.29, 0.717) is 24.6 Å². The molecule has 1 aliphatic heterocycles. The summed E-state index contributed by atoms with van der Waals surface area (Å²) in [5, 5.41) is 8.85. The van der Waals surface area contributed by atoms with E-state index >= 15 is 0 Å². The van der Waals surface area contributed by atoms with Crippen molar-refractivity contribution in [2.45, 2.75) is 0 Å². The number of hydrogen-bond acceptors (Lipinski definition) is 4. The number of hydrogen-bond donors (Lipinski definition) is 1. The SMILES string of the molecule is O=C(O)C=Cc1c(N2CCS(=O)CC2)nc2ccccn12. The van der Waals surface area contributed by atoms with Gasteiger partial charge >= 0.3 is 5.97 Å². The number of fused-ring (bicyclic) bond motifs is 1. The van der Waals surface area contributed by atoms with Gasteiger partial charge in [0.1, 0.15) is 5.65 Å². The van der Waals surface area contributed by atoms with Crippen molar-refractivity contribution in [3.05, 3.63) is 36.2 Å². The topological polar surface area (TPSA) is 74.9 Å². The summed E-state index contributed by atoms with van der Waals surface area (Å²) < 4.78 is 13.3. The van der Waals surface area contributed by atoms with Crippen LogP contribution < -0.4 is 4.90 Å². The standard InChI is InChI=1S/C14H15N3O3S/c18-13(19)5-4-11-14(16-7-9-21(20)10-8-16)15-12-3-1-2-6-17(11)12/h1-6H,7-10H2,(H,18,19). The maximum atomic E-state index is 11.5. The van der Waals surface area contributed by atoms with E-state index in [-0.39, 0.29) is 0 Å². The third-order valence-corrected chi connectivity index (χ3v) is 4.68. The molecule has 6 nitrogen and oxygen atoms in total. The van der Waals surface area contributed by atoms with E-state index in [1.165, 1.54) is 0 Å². The summed E-state index contributed by atoms with van der Waals surface area (Å²) in [6.07, 6.45) is 4.53. The number of aliphatic carboxylic acids is 1. The molecule has 2 aromatic heterocycles. The van der Waals surface area contributed by atoms with E-state index < -0.39 is 16.8 Å². The van der Waals surface area contributed by atoms with E-state index in [9.17, 15) is 9.00 Å². The van der Waals surface area contributed by atoms with Crippen molar-refractivity contribution in [3.8, 4) is 0 Å². The van der Waals surface area contributed by atoms with E-state index in [2.05, 4.69) is 9.88 Å². The summed E-state index contributed by atoms with van der Waals surface area (Å²) >= 11 is 0. The van der Waals surface area contributed by atoms with Crippen molar-refractivity contribution < 1.29 is 14.1 Å². The van der Waals surface area contributed by atoms with E-state index in [1.54, 1.807) is 6.08 Å². The van der Waals surface area contributed by atoms with E-state index in [0.717, 1.165) is 23.2 Å². The molecule has 0 radical (unpaired) electrons. The minimum absolute atomic E-state index is 0.621. The maximum absolute atomic E-state index is 11.5. The highest BCUT2D eigenvalue weighted by atomic mass is 32.2. The molecule has 0 atom stereocenters. The zero-order valence-corrected chi connectivity index (χ0v) is 12.1. The number of pyridine rings is 1. The lowest BCUT2D eigenvalue weighted by Crippen LogP contribution is -2.38. The Hall–Kier alpha value is -2.15. The van der Waals surface area contributed by atoms with Gasteiger partial charge in [-0.3, -0.25) is 8.61 Å². The van der Waals surface area contributed by atoms with Gasteiger partial charge in [0.15, 0.2) is 5.82 Å². The molecular formula is C14H15N3O3S. The quantitative estimate of drug-likeness (QED) is 0.856. The second kappa shape index (κ2) is 5.69. The molecule has 1 saturated heterocycles. The highest BCUT2D eigenvalue weighted by Crippen LogP contribution is 2.24. The molecule has 0 saturated carbocycles. The highest BCUT2D eigenvalue weighted by molar-refractivity contribution is 7.85. The van der Waals surface area contributed by atoms with Gasteiger partial charge in [0.05, 0.1) is 5.69 Å². The minimum atomic E-state index is -0.994. The number of carbonyl (C=O) groups is 1. The van der Waals surface area contributed by atoms with Gasteiger partial charge in [-0.2, -0.15) is 0 Å². The lowest BCUT2D eigenvalue weighted by Gasteiger charge is -2.26. The Kier molecular flexibility index (Phi) is 3.74. The van der Waals surface area contributed by atoms with Gasteiger partial charge in [-0.1, -0.05) is 6.07 Å². The summed E-state index contributed by atoms with van der Waals surface area (Å²) in [5.74, 6) is 0.994. The fourth-order valence-electron chi connectivity index (χ4n) is 2.39. The molecule has 3 rings (SSSR count). The largest absolute Gasteiger partial charge is 0.478 e. The monoisotopic (exact) mass is 305 g/mol. The third-order valence-electron chi connectivity index (χ3n) is 3.41. The van der Waals surface area contributed by atoms with Gasteiger partial charge in [-0.25, -0.2) is 9.78 Å². The Morgan fingerprint density at radius 1 is 1.33 bits per heavy atom. The Morgan fingerprint density at radius 3 is 2.81 bits per heavy atom. The molecule has 0 amide bonds. The molecule has 0 aromatic carbocycles. The van der Waals surface area contributed by atoms with Gasteiger partial charge in [0, 0.05) is 47.7 Å². The molecule has 110 valence electrons. The zero-order valence-electron chi connectivity index (χ0n) is 11.3. The van der Waals surface area contributed by atoms with Crippen molar-refractivity contribution in [1.29, 1.82) is 0 Å². The molecule has 3 heterocycles. The molecule has 0 aliphatic carbocycles. The second-order valence-electron chi connectivity index (χ2n) is 4.76. The van der Waals surface area contributed by atoms with Crippen LogP contribution in [0.15, 0.2) is 30.5 Å². The van der Waals surface area contributed by atoms with Crippen molar-refractivity contribution in [3.63, 3.8) is 0 Å². The van der Waals surface area contributed by atoms with Gasteiger partial charge in [-0.15, -0.1) is 0 Å². The molecule has 1 fully saturated rings. The third kappa shape index (κ3) is 2.82. The number of aromatic nitrogens is 2. The first-order valence-electron chi connectivity index (χ1n) is 6.63. The molecule has 1 N–H and O–H groups in total. The normalized spacial score (nSPS) is 16.9. The van der Waals surface area contributed by atoms with Crippen LogP contribution in [0.1, 0.15) is 5.69 Å². The summed E-state index contributed by atoms with van der Waals surface area (Å²) in [6, 6.07) is 5.65. The number of nitrogens with zero attached hydrogens (tertiary/aromatic N) is 3. The van der Waals surface area contributed by atoms with Crippen LogP contribution in [0.5, 0.6) is 0 Å². The molecule has 2 aromatic rings. The van der Waals surface area contributed by atoms with E-state index in [1.807, 2.05) is 28.8 Å². The number of imidazole rings is 1. The molecule has 1 aliphatic rings. The first-order chi connectivity index (χ1) is 10.1. The first kappa shape index (κ1) is 13.8. The van der Waals surface area contributed by atoms with Gasteiger partial charge in [0.2, 0.25) is 0 Å². The van der Waals surface area contributed by atoms with Crippen LogP contribution in [0.2, 0.25) is 0 Å². The van der Waals surface area contributed by atoms with Crippen LogP contribution in [0.3, 0.4) is 0 Å². The molecule has 0 unspecified atom stereocenters. The average molecular weight is 305 g/mol. The van der Waals surface area contributed by atoms with Crippen LogP contribution in [-0.2, 0) is 15.6 Å². The fraction of sp³-hybridized carbons (Fsp3) is 0.286. The van der Waals surface area contributed by atoms with E-state index in [4.69, 9.17) is 5.11 Å². The summed E-state index contributed by atoms with van der Waals surface area (Å²) in [5.41, 5.74) is 1.50. The molecule has 0 bridgehead atoms. The minimum Gasteiger partial charge on any atom is -0.478 e. The number of anilines is 1. The fourth-order valence-corrected chi connectivity index (χ4v) is 3.44. The highest BCUT2D eigenvalue weighted by Gasteiger charge is 2.21. The van der Waals surface area contributed by atoms with Crippen molar-refractivity contribution in [2.24, 2.45) is 0 Å². The lowest BCUT2D eigenvalue weighted by atomic mass is 10.3. The Bertz CT molecular complexity index is 728. The van der Waals surface area contributed by atoms with Gasteiger partial charge in [0.25, 0.3) is 0 Å². The summed E-state index contributed by atoms with van der Waals surface area (Å²) in [4.78, 5) is 17.4. The maximum Gasteiger partial charge on any atom is 0.328 e. The van der Waals surface area contributed by atoms with Crippen LogP contribution in [0.4, 0.5) is 5.82 Å². The lowest BCUT2D eigenvalue weighted by molar-refractivity contribution is -0.131. The predicted octanol–water partition coefficient (Wildman–Crippen LogP) is 1.00. The van der Waals surface area contributed by atoms with Crippen LogP contribution in [0, 0.1) is 0 Å². The smallest absolute Gasteiger partial charge is 0.328 e. The van der Waals surface area contributed by atoms with Crippen LogP contribution in [0.25, 0.3) is 11.7 Å². The van der Waals surface area contributed by atoms with Crippen molar-refractivity contribution in [2.75, 3.05) is 29.5 Å². The molecule has 21 heavy (non-hydrogen) atoms. The predicted molar refractivity (Wildman–Crippen MR) is 82.0 cm³/mol. The van der Waals surface area contributed by atoms with Crippen molar-refractivity contribution in [1.82, 2.24) is 9.38 Å². The number of carboxylic acid groups (broad SMARTS) is 1.